The summed E-state index contributed by atoms with van der Waals surface area (Å²) in [6.45, 7) is 1.87. The fraction of sp³-hybridized carbons (Fsp3) is 0.200. The Morgan fingerprint density at radius 2 is 2.11 bits per heavy atom. The van der Waals surface area contributed by atoms with Gasteiger partial charge in [-0.15, -0.1) is 0 Å². The van der Waals surface area contributed by atoms with Gasteiger partial charge in [0.15, 0.2) is 0 Å². The summed E-state index contributed by atoms with van der Waals surface area (Å²) in [6.07, 6.45) is 0.521. The Balaban J connectivity index is 2.31. The third kappa shape index (κ3) is 3.30. The van der Waals surface area contributed by atoms with Crippen molar-refractivity contribution in [3.05, 3.63) is 53.2 Å². The summed E-state index contributed by atoms with van der Waals surface area (Å²) in [4.78, 5) is 4.24. The van der Waals surface area contributed by atoms with Crippen LogP contribution in [0.2, 0.25) is 0 Å². The van der Waals surface area contributed by atoms with Crippen molar-refractivity contribution >= 4 is 0 Å². The molecule has 0 saturated heterocycles. The molecule has 0 atom stereocenters. The van der Waals surface area contributed by atoms with E-state index in [4.69, 9.17) is 15.1 Å². The summed E-state index contributed by atoms with van der Waals surface area (Å²) >= 11 is 0. The Bertz CT molecular complexity index is 618. The maximum absolute atomic E-state index is 9.02. The van der Waals surface area contributed by atoms with Crippen molar-refractivity contribution < 1.29 is 9.84 Å². The lowest BCUT2D eigenvalue weighted by molar-refractivity contribution is 0.297. The fourth-order valence-corrected chi connectivity index (χ4v) is 1.80. The summed E-state index contributed by atoms with van der Waals surface area (Å²) in [6, 6.07) is 12.8. The van der Waals surface area contributed by atoms with Gasteiger partial charge in [-0.1, -0.05) is 18.2 Å². The highest BCUT2D eigenvalue weighted by molar-refractivity contribution is 5.39. The number of nitrogens with zero attached hydrogens (tertiary/aromatic N) is 2. The van der Waals surface area contributed by atoms with Crippen LogP contribution in [0.25, 0.3) is 0 Å². The van der Waals surface area contributed by atoms with Gasteiger partial charge in [0.05, 0.1) is 11.6 Å². The van der Waals surface area contributed by atoms with Crippen LogP contribution >= 0.6 is 0 Å². The van der Waals surface area contributed by atoms with E-state index in [2.05, 4.69) is 11.1 Å². The van der Waals surface area contributed by atoms with Gasteiger partial charge in [0.25, 0.3) is 0 Å². The zero-order valence-corrected chi connectivity index (χ0v) is 10.6. The Hall–Kier alpha value is -2.38. The highest BCUT2D eigenvalue weighted by Crippen LogP contribution is 2.25. The average molecular weight is 254 g/mol. The number of hydrogen-bond acceptors (Lipinski definition) is 4. The van der Waals surface area contributed by atoms with E-state index in [0.717, 1.165) is 11.3 Å². The molecule has 0 aliphatic carbocycles. The molecule has 96 valence electrons. The zero-order chi connectivity index (χ0) is 13.7. The largest absolute Gasteiger partial charge is 0.439 e. The van der Waals surface area contributed by atoms with Crippen molar-refractivity contribution in [3.63, 3.8) is 0 Å². The minimum atomic E-state index is 0.0606. The van der Waals surface area contributed by atoms with Gasteiger partial charge in [-0.25, -0.2) is 4.98 Å². The SMILES string of the molecule is Cc1cc(C#N)cc(Oc2ccccc2CCO)n1. The Morgan fingerprint density at radius 1 is 1.32 bits per heavy atom. The van der Waals surface area contributed by atoms with E-state index in [9.17, 15) is 0 Å². The molecular formula is C15H14N2O2. The van der Waals surface area contributed by atoms with Crippen LogP contribution in [0, 0.1) is 18.3 Å². The third-order valence-corrected chi connectivity index (χ3v) is 2.63. The maximum atomic E-state index is 9.02. The van der Waals surface area contributed by atoms with Gasteiger partial charge in [-0.2, -0.15) is 5.26 Å². The second-order valence-electron chi connectivity index (χ2n) is 4.13. The molecule has 0 spiro atoms. The van der Waals surface area contributed by atoms with Gasteiger partial charge in [-0.3, -0.25) is 0 Å². The summed E-state index contributed by atoms with van der Waals surface area (Å²) in [5.74, 6) is 1.04. The first kappa shape index (κ1) is 13.1. The molecular weight excluding hydrogens is 240 g/mol. The molecule has 1 aromatic carbocycles. The van der Waals surface area contributed by atoms with E-state index in [1.165, 1.54) is 0 Å². The molecule has 1 heterocycles. The minimum Gasteiger partial charge on any atom is -0.439 e. The number of nitriles is 1. The molecule has 4 nitrogen and oxygen atoms in total. The monoisotopic (exact) mass is 254 g/mol. The first-order valence-electron chi connectivity index (χ1n) is 5.98. The number of pyridine rings is 1. The van der Waals surface area contributed by atoms with E-state index in [1.54, 1.807) is 12.1 Å². The van der Waals surface area contributed by atoms with Crippen molar-refractivity contribution in [2.45, 2.75) is 13.3 Å². The minimum absolute atomic E-state index is 0.0606. The predicted octanol–water partition coefficient (Wildman–Crippen LogP) is 2.59. The molecule has 0 unspecified atom stereocenters. The smallest absolute Gasteiger partial charge is 0.220 e. The van der Waals surface area contributed by atoms with Crippen molar-refractivity contribution in [3.8, 4) is 17.7 Å². The van der Waals surface area contributed by atoms with Gasteiger partial charge < -0.3 is 9.84 Å². The fourth-order valence-electron chi connectivity index (χ4n) is 1.80. The molecule has 19 heavy (non-hydrogen) atoms. The second-order valence-corrected chi connectivity index (χ2v) is 4.13. The van der Waals surface area contributed by atoms with Crippen molar-refractivity contribution in [2.24, 2.45) is 0 Å². The molecule has 0 saturated carbocycles. The number of hydrogen-bond donors (Lipinski definition) is 1. The lowest BCUT2D eigenvalue weighted by Gasteiger charge is -2.10. The van der Waals surface area contributed by atoms with Crippen LogP contribution in [0.5, 0.6) is 11.6 Å². The molecule has 1 N–H and O–H groups in total. The second kappa shape index (κ2) is 5.98. The van der Waals surface area contributed by atoms with Crippen molar-refractivity contribution in [1.29, 1.82) is 5.26 Å². The van der Waals surface area contributed by atoms with Gasteiger partial charge in [-0.05, 0) is 31.0 Å². The number of benzene rings is 1. The van der Waals surface area contributed by atoms with Crippen LogP contribution in [0.3, 0.4) is 0 Å². The first-order chi connectivity index (χ1) is 9.22. The Kier molecular flexibility index (Phi) is 4.11. The molecule has 0 radical (unpaired) electrons. The number of aliphatic hydroxyl groups is 1. The van der Waals surface area contributed by atoms with Crippen LogP contribution in [0.4, 0.5) is 0 Å². The Morgan fingerprint density at radius 3 is 2.84 bits per heavy atom. The summed E-state index contributed by atoms with van der Waals surface area (Å²) in [5, 5.41) is 17.9. The molecule has 1 aromatic heterocycles. The number of aryl methyl sites for hydroxylation is 1. The van der Waals surface area contributed by atoms with E-state index in [0.29, 0.717) is 23.6 Å². The van der Waals surface area contributed by atoms with Crippen LogP contribution in [-0.2, 0) is 6.42 Å². The standard InChI is InChI=1S/C15H14N2O2/c1-11-8-12(10-16)9-15(17-11)19-14-5-3-2-4-13(14)6-7-18/h2-5,8-9,18H,6-7H2,1H3. The highest BCUT2D eigenvalue weighted by atomic mass is 16.5. The topological polar surface area (TPSA) is 66.1 Å². The molecule has 0 amide bonds. The molecule has 0 aliphatic heterocycles. The molecule has 2 aromatic rings. The normalized spacial score (nSPS) is 9.95. The quantitative estimate of drug-likeness (QED) is 0.910. The average Bonchev–Trinajstić information content (AvgIpc) is 2.40. The molecule has 2 rings (SSSR count). The number of para-hydroxylation sites is 1. The lowest BCUT2D eigenvalue weighted by atomic mass is 10.1. The van der Waals surface area contributed by atoms with Gasteiger partial charge in [0.1, 0.15) is 5.75 Å². The summed E-state index contributed by atoms with van der Waals surface area (Å²) < 4.78 is 5.71. The van der Waals surface area contributed by atoms with Crippen LogP contribution in [-0.4, -0.2) is 16.7 Å². The van der Waals surface area contributed by atoms with E-state index in [1.807, 2.05) is 31.2 Å². The van der Waals surface area contributed by atoms with Crippen molar-refractivity contribution in [2.75, 3.05) is 6.61 Å². The zero-order valence-electron chi connectivity index (χ0n) is 10.6. The first-order valence-corrected chi connectivity index (χ1v) is 5.98. The number of rotatable bonds is 4. The predicted molar refractivity (Wildman–Crippen MR) is 71.0 cm³/mol. The van der Waals surface area contributed by atoms with E-state index in [-0.39, 0.29) is 6.61 Å². The number of aliphatic hydroxyl groups excluding tert-OH is 1. The molecule has 0 fully saturated rings. The summed E-state index contributed by atoms with van der Waals surface area (Å²) in [7, 11) is 0. The van der Waals surface area contributed by atoms with Gasteiger partial charge in [0, 0.05) is 18.4 Å². The van der Waals surface area contributed by atoms with Crippen LogP contribution in [0.1, 0.15) is 16.8 Å². The highest BCUT2D eigenvalue weighted by Gasteiger charge is 2.06. The van der Waals surface area contributed by atoms with Crippen molar-refractivity contribution in [1.82, 2.24) is 4.98 Å². The van der Waals surface area contributed by atoms with Gasteiger partial charge in [0.2, 0.25) is 5.88 Å². The number of ether oxygens (including phenoxy) is 1. The molecule has 0 aliphatic rings. The van der Waals surface area contributed by atoms with E-state index >= 15 is 0 Å². The van der Waals surface area contributed by atoms with Crippen LogP contribution < -0.4 is 4.74 Å². The maximum Gasteiger partial charge on any atom is 0.220 e. The Labute approximate surface area is 111 Å². The summed E-state index contributed by atoms with van der Waals surface area (Å²) in [5.41, 5.74) is 2.16. The molecule has 4 heteroatoms. The lowest BCUT2D eigenvalue weighted by Crippen LogP contribution is -1.97. The molecule has 0 bridgehead atoms. The van der Waals surface area contributed by atoms with E-state index < -0.39 is 0 Å². The third-order valence-electron chi connectivity index (χ3n) is 2.63. The van der Waals surface area contributed by atoms with Crippen LogP contribution in [0.15, 0.2) is 36.4 Å². The van der Waals surface area contributed by atoms with Gasteiger partial charge >= 0.3 is 0 Å². The number of aromatic nitrogens is 1.